The van der Waals surface area contributed by atoms with Crippen LogP contribution >= 0.6 is 11.6 Å². The van der Waals surface area contributed by atoms with Crippen molar-refractivity contribution in [2.24, 2.45) is 0 Å². The second kappa shape index (κ2) is 9.03. The summed E-state index contributed by atoms with van der Waals surface area (Å²) in [5.41, 5.74) is 0.870. The van der Waals surface area contributed by atoms with Crippen LogP contribution in [0.5, 0.6) is 5.75 Å². The van der Waals surface area contributed by atoms with E-state index in [1.807, 2.05) is 12.1 Å². The van der Waals surface area contributed by atoms with E-state index in [-0.39, 0.29) is 11.3 Å². The van der Waals surface area contributed by atoms with Crippen LogP contribution in [-0.4, -0.2) is 17.8 Å². The van der Waals surface area contributed by atoms with E-state index in [9.17, 15) is 18.8 Å². The third-order valence-electron chi connectivity index (χ3n) is 4.68. The van der Waals surface area contributed by atoms with Gasteiger partial charge in [0.15, 0.2) is 0 Å². The van der Waals surface area contributed by atoms with Gasteiger partial charge in [-0.2, -0.15) is 0 Å². The standard InChI is InChI=1S/C24H16ClFN2O4/c25-17-10-8-15(9-11-17)14-32-18-5-3-4-16(12-18)13-19-22(29)27-24(31)28(23(19)30)21-7-2-1-6-20(21)26/h1-13H,14H2,(H,27,29,31)/b19-13+. The van der Waals surface area contributed by atoms with Crippen molar-refractivity contribution >= 4 is 41.2 Å². The van der Waals surface area contributed by atoms with Crippen LogP contribution in [0.4, 0.5) is 14.9 Å². The molecule has 6 nitrogen and oxygen atoms in total. The Morgan fingerprint density at radius 3 is 2.47 bits per heavy atom. The number of carbonyl (C=O) groups excluding carboxylic acids is 3. The van der Waals surface area contributed by atoms with Crippen molar-refractivity contribution in [3.63, 3.8) is 0 Å². The van der Waals surface area contributed by atoms with Gasteiger partial charge in [0.25, 0.3) is 11.8 Å². The fourth-order valence-corrected chi connectivity index (χ4v) is 3.24. The molecular formula is C24H16ClFN2O4. The number of rotatable bonds is 5. The first kappa shape index (κ1) is 21.3. The molecule has 1 saturated heterocycles. The lowest BCUT2D eigenvalue weighted by Gasteiger charge is -2.26. The Labute approximate surface area is 187 Å². The fourth-order valence-electron chi connectivity index (χ4n) is 3.12. The number of nitrogens with zero attached hydrogens (tertiary/aromatic N) is 1. The van der Waals surface area contributed by atoms with E-state index in [0.29, 0.717) is 27.8 Å². The van der Waals surface area contributed by atoms with Gasteiger partial charge in [0.05, 0.1) is 5.69 Å². The average Bonchev–Trinajstić information content (AvgIpc) is 2.78. The normalized spacial score (nSPS) is 15.1. The molecule has 3 aromatic rings. The van der Waals surface area contributed by atoms with E-state index in [4.69, 9.17) is 16.3 Å². The van der Waals surface area contributed by atoms with E-state index in [1.54, 1.807) is 36.4 Å². The molecule has 1 N–H and O–H groups in total. The lowest BCUT2D eigenvalue weighted by Crippen LogP contribution is -2.54. The monoisotopic (exact) mass is 450 g/mol. The highest BCUT2D eigenvalue weighted by molar-refractivity contribution is 6.39. The molecule has 32 heavy (non-hydrogen) atoms. The van der Waals surface area contributed by atoms with Crippen molar-refractivity contribution in [2.75, 3.05) is 4.90 Å². The number of ether oxygens (including phenoxy) is 1. The molecule has 0 atom stereocenters. The zero-order valence-corrected chi connectivity index (χ0v) is 17.3. The van der Waals surface area contributed by atoms with E-state index >= 15 is 0 Å². The second-order valence-corrected chi connectivity index (χ2v) is 7.33. The first-order valence-electron chi connectivity index (χ1n) is 9.55. The molecule has 0 bridgehead atoms. The number of barbiturate groups is 1. The lowest BCUT2D eigenvalue weighted by molar-refractivity contribution is -0.122. The largest absolute Gasteiger partial charge is 0.489 e. The Hall–Kier alpha value is -3.97. The van der Waals surface area contributed by atoms with Crippen LogP contribution in [0.25, 0.3) is 6.08 Å². The molecule has 1 aliphatic heterocycles. The number of halogens is 2. The number of benzene rings is 3. The second-order valence-electron chi connectivity index (χ2n) is 6.90. The number of para-hydroxylation sites is 1. The Balaban J connectivity index is 1.58. The van der Waals surface area contributed by atoms with Crippen LogP contribution in [0.1, 0.15) is 11.1 Å². The molecule has 8 heteroatoms. The number of amides is 4. The summed E-state index contributed by atoms with van der Waals surface area (Å²) < 4.78 is 19.9. The molecule has 0 aliphatic carbocycles. The maximum atomic E-state index is 14.2. The summed E-state index contributed by atoms with van der Waals surface area (Å²) in [5, 5.41) is 2.70. The molecule has 4 amide bonds. The van der Waals surface area contributed by atoms with E-state index < -0.39 is 23.7 Å². The molecule has 0 unspecified atom stereocenters. The van der Waals surface area contributed by atoms with Gasteiger partial charge in [0.1, 0.15) is 23.7 Å². The first-order chi connectivity index (χ1) is 15.4. The van der Waals surface area contributed by atoms with E-state index in [1.165, 1.54) is 24.3 Å². The minimum atomic E-state index is -1.01. The molecule has 4 rings (SSSR count). The molecule has 0 spiro atoms. The van der Waals surface area contributed by atoms with Crippen LogP contribution in [0.3, 0.4) is 0 Å². The predicted molar refractivity (Wildman–Crippen MR) is 118 cm³/mol. The molecular weight excluding hydrogens is 435 g/mol. The number of hydrogen-bond donors (Lipinski definition) is 1. The summed E-state index contributed by atoms with van der Waals surface area (Å²) >= 11 is 5.88. The number of nitrogens with one attached hydrogen (secondary N) is 1. The average molecular weight is 451 g/mol. The van der Waals surface area contributed by atoms with E-state index in [2.05, 4.69) is 5.32 Å². The first-order valence-corrected chi connectivity index (χ1v) is 9.93. The molecule has 3 aromatic carbocycles. The number of hydrogen-bond acceptors (Lipinski definition) is 4. The van der Waals surface area contributed by atoms with Crippen LogP contribution < -0.4 is 15.0 Å². The zero-order chi connectivity index (χ0) is 22.7. The van der Waals surface area contributed by atoms with Crippen molar-refractivity contribution in [1.29, 1.82) is 0 Å². The number of urea groups is 1. The number of imide groups is 2. The number of carbonyl (C=O) groups is 3. The predicted octanol–water partition coefficient (Wildman–Crippen LogP) is 4.72. The molecule has 1 aliphatic rings. The van der Waals surface area contributed by atoms with Crippen molar-refractivity contribution in [3.05, 3.63) is 100 Å². The maximum Gasteiger partial charge on any atom is 0.336 e. The Kier molecular flexibility index (Phi) is 6.00. The SMILES string of the molecule is O=C1NC(=O)N(c2ccccc2F)C(=O)/C1=C/c1cccc(OCc2ccc(Cl)cc2)c1. The van der Waals surface area contributed by atoms with Gasteiger partial charge in [0.2, 0.25) is 0 Å². The van der Waals surface area contributed by atoms with E-state index in [0.717, 1.165) is 11.6 Å². The minimum Gasteiger partial charge on any atom is -0.489 e. The Morgan fingerprint density at radius 1 is 0.969 bits per heavy atom. The highest BCUT2D eigenvalue weighted by atomic mass is 35.5. The topological polar surface area (TPSA) is 75.7 Å². The van der Waals surface area contributed by atoms with Gasteiger partial charge in [-0.15, -0.1) is 0 Å². The fraction of sp³-hybridized carbons (Fsp3) is 0.0417. The summed E-state index contributed by atoms with van der Waals surface area (Å²) in [6.45, 7) is 0.298. The van der Waals surface area contributed by atoms with Crippen LogP contribution in [0.15, 0.2) is 78.4 Å². The Bertz CT molecular complexity index is 1240. The van der Waals surface area contributed by atoms with Gasteiger partial charge in [-0.1, -0.05) is 48.0 Å². The molecule has 160 valence electrons. The third-order valence-corrected chi connectivity index (χ3v) is 4.93. The van der Waals surface area contributed by atoms with Gasteiger partial charge in [-0.25, -0.2) is 14.1 Å². The van der Waals surface area contributed by atoms with Crippen molar-refractivity contribution in [3.8, 4) is 5.75 Å². The Morgan fingerprint density at radius 2 is 1.72 bits per heavy atom. The summed E-state index contributed by atoms with van der Waals surface area (Å²) in [7, 11) is 0. The third kappa shape index (κ3) is 4.53. The minimum absolute atomic E-state index is 0.242. The highest BCUT2D eigenvalue weighted by Gasteiger charge is 2.37. The van der Waals surface area contributed by atoms with Gasteiger partial charge < -0.3 is 4.74 Å². The lowest BCUT2D eigenvalue weighted by atomic mass is 10.1. The maximum absolute atomic E-state index is 14.2. The van der Waals surface area contributed by atoms with Crippen LogP contribution in [0.2, 0.25) is 5.02 Å². The summed E-state index contributed by atoms with van der Waals surface area (Å²) in [4.78, 5) is 38.0. The molecule has 1 fully saturated rings. The van der Waals surface area contributed by atoms with Gasteiger partial charge >= 0.3 is 6.03 Å². The summed E-state index contributed by atoms with van der Waals surface area (Å²) in [5.74, 6) is -2.03. The summed E-state index contributed by atoms with van der Waals surface area (Å²) in [6.07, 6.45) is 1.33. The smallest absolute Gasteiger partial charge is 0.336 e. The summed E-state index contributed by atoms with van der Waals surface area (Å²) in [6, 6.07) is 18.3. The molecule has 0 radical (unpaired) electrons. The van der Waals surface area contributed by atoms with Crippen LogP contribution in [0, 0.1) is 5.82 Å². The van der Waals surface area contributed by atoms with Crippen LogP contribution in [-0.2, 0) is 16.2 Å². The quantitative estimate of drug-likeness (QED) is 0.450. The molecule has 0 saturated carbocycles. The highest BCUT2D eigenvalue weighted by Crippen LogP contribution is 2.25. The van der Waals surface area contributed by atoms with Crippen molar-refractivity contribution in [1.82, 2.24) is 5.32 Å². The van der Waals surface area contributed by atoms with Gasteiger partial charge in [-0.05, 0) is 53.6 Å². The van der Waals surface area contributed by atoms with Gasteiger partial charge in [0, 0.05) is 5.02 Å². The molecule has 1 heterocycles. The number of anilines is 1. The zero-order valence-electron chi connectivity index (χ0n) is 16.5. The van der Waals surface area contributed by atoms with Gasteiger partial charge in [-0.3, -0.25) is 14.9 Å². The van der Waals surface area contributed by atoms with Crippen molar-refractivity contribution in [2.45, 2.75) is 6.61 Å². The van der Waals surface area contributed by atoms with Crippen molar-refractivity contribution < 1.29 is 23.5 Å². The molecule has 0 aromatic heterocycles.